The molecule has 0 aliphatic heterocycles. The third-order valence-corrected chi connectivity index (χ3v) is 2.89. The number of phenols is 1. The van der Waals surface area contributed by atoms with E-state index in [1.54, 1.807) is 6.92 Å². The van der Waals surface area contributed by atoms with E-state index in [-0.39, 0.29) is 33.7 Å². The molecule has 0 amide bonds. The molecule has 2 rings (SSSR count). The van der Waals surface area contributed by atoms with Crippen molar-refractivity contribution in [2.45, 2.75) is 6.92 Å². The van der Waals surface area contributed by atoms with E-state index >= 15 is 0 Å². The fourth-order valence-electron chi connectivity index (χ4n) is 1.71. The van der Waals surface area contributed by atoms with E-state index in [0.29, 0.717) is 6.29 Å². The van der Waals surface area contributed by atoms with Crippen LogP contribution in [0.4, 0.5) is 0 Å². The predicted octanol–water partition coefficient (Wildman–Crippen LogP) is 2.14. The lowest BCUT2D eigenvalue weighted by molar-refractivity contribution is 0.0521. The number of hydrogen-bond donors (Lipinski definition) is 1. The average Bonchev–Trinajstić information content (AvgIpc) is 2.41. The third kappa shape index (κ3) is 2.25. The molecule has 2 aromatic rings. The molecule has 0 saturated heterocycles. The van der Waals surface area contributed by atoms with Gasteiger partial charge in [0.25, 0.3) is 0 Å². The number of rotatable bonds is 3. The molecular formula is C13H9ClO6. The number of phenolic OH excluding ortho intramolecular Hbond substituents is 1. The van der Waals surface area contributed by atoms with Crippen LogP contribution in [0.25, 0.3) is 11.0 Å². The molecule has 1 heterocycles. The van der Waals surface area contributed by atoms with Gasteiger partial charge in [0.2, 0.25) is 0 Å². The minimum atomic E-state index is -0.958. The molecule has 20 heavy (non-hydrogen) atoms. The summed E-state index contributed by atoms with van der Waals surface area (Å²) < 4.78 is 9.63. The molecule has 0 radical (unpaired) electrons. The molecule has 104 valence electrons. The molecule has 1 aromatic heterocycles. The largest absolute Gasteiger partial charge is 0.505 e. The first-order valence-corrected chi connectivity index (χ1v) is 5.99. The van der Waals surface area contributed by atoms with Crippen molar-refractivity contribution in [1.82, 2.24) is 0 Å². The number of benzene rings is 1. The van der Waals surface area contributed by atoms with Crippen LogP contribution in [0.1, 0.15) is 27.6 Å². The van der Waals surface area contributed by atoms with Gasteiger partial charge in [0, 0.05) is 5.39 Å². The third-order valence-electron chi connectivity index (χ3n) is 2.60. The van der Waals surface area contributed by atoms with Gasteiger partial charge in [-0.2, -0.15) is 0 Å². The van der Waals surface area contributed by atoms with Crippen LogP contribution in [0.3, 0.4) is 0 Å². The Kier molecular flexibility index (Phi) is 3.76. The van der Waals surface area contributed by atoms with Gasteiger partial charge in [-0.25, -0.2) is 9.59 Å². The Hall–Kier alpha value is -2.34. The fraction of sp³-hybridized carbons (Fsp3) is 0.154. The first-order valence-electron chi connectivity index (χ1n) is 5.61. The average molecular weight is 297 g/mol. The van der Waals surface area contributed by atoms with E-state index in [4.69, 9.17) is 20.8 Å². The number of aldehydes is 1. The molecule has 0 aliphatic rings. The Morgan fingerprint density at radius 1 is 1.50 bits per heavy atom. The number of halogens is 1. The minimum absolute atomic E-state index is 0.0942. The second kappa shape index (κ2) is 5.34. The minimum Gasteiger partial charge on any atom is -0.505 e. The number of aromatic hydroxyl groups is 1. The molecule has 0 unspecified atom stereocenters. The van der Waals surface area contributed by atoms with Crippen molar-refractivity contribution in [3.63, 3.8) is 0 Å². The molecule has 0 atom stereocenters. The van der Waals surface area contributed by atoms with Crippen molar-refractivity contribution in [2.24, 2.45) is 0 Å². The Bertz CT molecular complexity index is 762. The van der Waals surface area contributed by atoms with E-state index in [1.165, 1.54) is 12.1 Å². The Balaban J connectivity index is 2.78. The summed E-state index contributed by atoms with van der Waals surface area (Å²) in [6.07, 6.45) is 0.316. The van der Waals surface area contributed by atoms with E-state index in [9.17, 15) is 19.5 Å². The van der Waals surface area contributed by atoms with Gasteiger partial charge < -0.3 is 14.3 Å². The molecule has 0 saturated carbocycles. The quantitative estimate of drug-likeness (QED) is 0.530. The van der Waals surface area contributed by atoms with Crippen LogP contribution in [0.15, 0.2) is 21.3 Å². The highest BCUT2D eigenvalue weighted by molar-refractivity contribution is 6.33. The second-order valence-corrected chi connectivity index (χ2v) is 4.23. The number of carbonyl (C=O) groups is 2. The lowest BCUT2D eigenvalue weighted by Gasteiger charge is -2.06. The summed E-state index contributed by atoms with van der Waals surface area (Å²) in [6, 6.07) is 2.49. The zero-order chi connectivity index (χ0) is 14.9. The van der Waals surface area contributed by atoms with Gasteiger partial charge in [-0.1, -0.05) is 11.6 Å². The van der Waals surface area contributed by atoms with E-state index < -0.39 is 17.3 Å². The maximum Gasteiger partial charge on any atom is 0.351 e. The summed E-state index contributed by atoms with van der Waals surface area (Å²) in [5, 5.41) is 9.77. The Labute approximate surface area is 117 Å². The van der Waals surface area contributed by atoms with E-state index in [0.717, 1.165) is 0 Å². The van der Waals surface area contributed by atoms with Crippen LogP contribution in [0.2, 0.25) is 5.02 Å². The van der Waals surface area contributed by atoms with Gasteiger partial charge in [-0.05, 0) is 19.1 Å². The van der Waals surface area contributed by atoms with Crippen molar-refractivity contribution in [2.75, 3.05) is 6.61 Å². The number of fused-ring (bicyclic) bond motifs is 1. The molecule has 0 fully saturated rings. The van der Waals surface area contributed by atoms with Crippen LogP contribution >= 0.6 is 11.6 Å². The topological polar surface area (TPSA) is 93.8 Å². The first-order chi connectivity index (χ1) is 9.49. The van der Waals surface area contributed by atoms with Crippen molar-refractivity contribution < 1.29 is 23.8 Å². The van der Waals surface area contributed by atoms with E-state index in [1.807, 2.05) is 0 Å². The lowest BCUT2D eigenvalue weighted by atomic mass is 10.1. The second-order valence-electron chi connectivity index (χ2n) is 3.82. The summed E-state index contributed by atoms with van der Waals surface area (Å²) in [5.41, 5.74) is -1.65. The van der Waals surface area contributed by atoms with Crippen molar-refractivity contribution in [3.05, 3.63) is 38.7 Å². The van der Waals surface area contributed by atoms with Crippen LogP contribution in [-0.4, -0.2) is 24.0 Å². The standard InChI is InChI=1S/C13H9ClO6/c1-2-19-12(17)7-3-6-4-9(14)10(16)8(5-15)11(6)20-13(7)18/h3-5,16H,2H2,1H3. The SMILES string of the molecule is CCOC(=O)c1cc2cc(Cl)c(O)c(C=O)c2oc1=O. The zero-order valence-corrected chi connectivity index (χ0v) is 11.1. The highest BCUT2D eigenvalue weighted by Crippen LogP contribution is 2.33. The molecule has 7 heteroatoms. The fourth-order valence-corrected chi connectivity index (χ4v) is 1.93. The lowest BCUT2D eigenvalue weighted by Crippen LogP contribution is -2.16. The molecule has 0 spiro atoms. The number of esters is 1. The molecule has 0 bridgehead atoms. The number of ether oxygens (including phenoxy) is 1. The maximum atomic E-state index is 11.7. The van der Waals surface area contributed by atoms with Gasteiger partial charge in [0.15, 0.2) is 11.9 Å². The maximum absolute atomic E-state index is 11.7. The van der Waals surface area contributed by atoms with Crippen molar-refractivity contribution >= 4 is 34.8 Å². The number of carbonyl (C=O) groups excluding carboxylic acids is 2. The van der Waals surface area contributed by atoms with Crippen LogP contribution in [0, 0.1) is 0 Å². The highest BCUT2D eigenvalue weighted by Gasteiger charge is 2.19. The zero-order valence-electron chi connectivity index (χ0n) is 10.3. The van der Waals surface area contributed by atoms with Gasteiger partial charge in [0.05, 0.1) is 11.6 Å². The predicted molar refractivity (Wildman–Crippen MR) is 70.5 cm³/mol. The molecule has 1 aromatic carbocycles. The van der Waals surface area contributed by atoms with Crippen LogP contribution < -0.4 is 5.63 Å². The van der Waals surface area contributed by atoms with Gasteiger partial charge >= 0.3 is 11.6 Å². The Morgan fingerprint density at radius 2 is 2.20 bits per heavy atom. The first kappa shape index (κ1) is 14.1. The van der Waals surface area contributed by atoms with Gasteiger partial charge in [-0.15, -0.1) is 0 Å². The van der Waals surface area contributed by atoms with E-state index in [2.05, 4.69) is 0 Å². The summed E-state index contributed by atoms with van der Waals surface area (Å²) >= 11 is 5.76. The summed E-state index contributed by atoms with van der Waals surface area (Å²) in [5.74, 6) is -1.32. The molecule has 0 aliphatic carbocycles. The summed E-state index contributed by atoms with van der Waals surface area (Å²) in [4.78, 5) is 34.3. The number of hydrogen-bond acceptors (Lipinski definition) is 6. The Morgan fingerprint density at radius 3 is 2.80 bits per heavy atom. The molecule has 6 nitrogen and oxygen atoms in total. The normalized spacial score (nSPS) is 10.5. The molecular weight excluding hydrogens is 288 g/mol. The van der Waals surface area contributed by atoms with Gasteiger partial charge in [-0.3, -0.25) is 4.79 Å². The molecule has 1 N–H and O–H groups in total. The smallest absolute Gasteiger partial charge is 0.351 e. The highest BCUT2D eigenvalue weighted by atomic mass is 35.5. The van der Waals surface area contributed by atoms with Crippen molar-refractivity contribution in [3.8, 4) is 5.75 Å². The van der Waals surface area contributed by atoms with Gasteiger partial charge in [0.1, 0.15) is 16.9 Å². The summed E-state index contributed by atoms with van der Waals surface area (Å²) in [7, 11) is 0. The summed E-state index contributed by atoms with van der Waals surface area (Å²) in [6.45, 7) is 1.70. The van der Waals surface area contributed by atoms with Crippen LogP contribution in [0.5, 0.6) is 5.75 Å². The van der Waals surface area contributed by atoms with Crippen LogP contribution in [-0.2, 0) is 4.74 Å². The van der Waals surface area contributed by atoms with Crippen molar-refractivity contribution in [1.29, 1.82) is 0 Å². The monoisotopic (exact) mass is 296 g/mol.